The van der Waals surface area contributed by atoms with E-state index in [1.807, 2.05) is 69.3 Å². The van der Waals surface area contributed by atoms with Crippen molar-refractivity contribution in [2.45, 2.75) is 64.8 Å². The molecule has 34 heavy (non-hydrogen) atoms. The summed E-state index contributed by atoms with van der Waals surface area (Å²) in [6, 6.07) is 15.8. The highest BCUT2D eigenvalue weighted by atomic mass is 19.3. The average molecular weight is 466 g/mol. The molecule has 1 unspecified atom stereocenters. The second-order valence-electron chi connectivity index (χ2n) is 8.52. The fraction of sp³-hybridized carbons (Fsp3) is 0.400. The largest absolute Gasteiger partial charge is 0.308 e. The predicted molar refractivity (Wildman–Crippen MR) is 126 cm³/mol. The Labute approximate surface area is 197 Å². The first-order valence-corrected chi connectivity index (χ1v) is 11.7. The Bertz CT molecular complexity index is 1200. The van der Waals surface area contributed by atoms with Gasteiger partial charge in [0.25, 0.3) is 0 Å². The molecule has 0 aliphatic heterocycles. The number of hydrogen-bond acceptors (Lipinski definition) is 5. The summed E-state index contributed by atoms with van der Waals surface area (Å²) < 4.78 is 31.0. The third-order valence-electron chi connectivity index (χ3n) is 6.02. The van der Waals surface area contributed by atoms with Crippen molar-refractivity contribution in [1.82, 2.24) is 35.4 Å². The van der Waals surface area contributed by atoms with Crippen molar-refractivity contribution >= 4 is 0 Å². The number of H-pyrrole nitrogens is 1. The van der Waals surface area contributed by atoms with Gasteiger partial charge in [-0.3, -0.25) is 0 Å². The lowest BCUT2D eigenvalue weighted by atomic mass is 9.97. The van der Waals surface area contributed by atoms with Crippen LogP contribution in [0, 0.1) is 0 Å². The first kappa shape index (κ1) is 23.7. The fourth-order valence-corrected chi connectivity index (χ4v) is 3.86. The lowest BCUT2D eigenvalue weighted by Crippen LogP contribution is -2.16. The minimum atomic E-state index is -3.02. The number of hydrogen-bond donors (Lipinski definition) is 1. The van der Waals surface area contributed by atoms with E-state index in [1.165, 1.54) is 0 Å². The summed E-state index contributed by atoms with van der Waals surface area (Å²) in [5.74, 6) is -2.31. The number of tetrazole rings is 1. The van der Waals surface area contributed by atoms with E-state index in [2.05, 4.69) is 30.7 Å². The van der Waals surface area contributed by atoms with Gasteiger partial charge in [0, 0.05) is 18.4 Å². The lowest BCUT2D eigenvalue weighted by Gasteiger charge is -2.13. The van der Waals surface area contributed by atoms with Gasteiger partial charge in [-0.1, -0.05) is 68.8 Å². The molecule has 178 valence electrons. The summed E-state index contributed by atoms with van der Waals surface area (Å²) in [4.78, 5) is 4.30. The van der Waals surface area contributed by atoms with Gasteiger partial charge in [0.1, 0.15) is 5.82 Å². The molecule has 0 fully saturated rings. The molecule has 7 nitrogen and oxygen atoms in total. The summed E-state index contributed by atoms with van der Waals surface area (Å²) in [5, 5.41) is 18.6. The number of unbranched alkanes of at least 4 members (excludes halogenated alkanes) is 1. The number of rotatable bonds is 10. The molecule has 9 heteroatoms. The van der Waals surface area contributed by atoms with E-state index in [9.17, 15) is 8.78 Å². The van der Waals surface area contributed by atoms with Crippen LogP contribution >= 0.6 is 0 Å². The smallest absolute Gasteiger partial charge is 0.246 e. The monoisotopic (exact) mass is 465 g/mol. The fourth-order valence-electron chi connectivity index (χ4n) is 3.86. The summed E-state index contributed by atoms with van der Waals surface area (Å²) in [5.41, 5.74) is 3.83. The number of benzene rings is 2. The predicted octanol–water partition coefficient (Wildman–Crippen LogP) is 5.97. The van der Waals surface area contributed by atoms with Gasteiger partial charge in [0.05, 0.1) is 6.04 Å². The van der Waals surface area contributed by atoms with Crippen LogP contribution in [0.2, 0.25) is 0 Å². The van der Waals surface area contributed by atoms with E-state index in [4.69, 9.17) is 0 Å². The van der Waals surface area contributed by atoms with Crippen LogP contribution in [0.4, 0.5) is 8.78 Å². The minimum Gasteiger partial charge on any atom is -0.246 e. The lowest BCUT2D eigenvalue weighted by molar-refractivity contribution is -0.0247. The molecule has 0 bridgehead atoms. The van der Waals surface area contributed by atoms with Crippen LogP contribution < -0.4 is 0 Å². The van der Waals surface area contributed by atoms with E-state index >= 15 is 0 Å². The van der Waals surface area contributed by atoms with Crippen LogP contribution in [0.5, 0.6) is 0 Å². The first-order chi connectivity index (χ1) is 16.4. The number of aromatic amines is 1. The van der Waals surface area contributed by atoms with Crippen LogP contribution in [0.1, 0.15) is 69.7 Å². The molecule has 0 saturated carbocycles. The highest BCUT2D eigenvalue weighted by molar-refractivity contribution is 5.80. The zero-order chi connectivity index (χ0) is 24.1. The molecule has 0 spiro atoms. The van der Waals surface area contributed by atoms with Crippen LogP contribution in [-0.2, 0) is 12.3 Å². The first-order valence-electron chi connectivity index (χ1n) is 11.7. The number of nitrogens with one attached hydrogen (secondary N) is 1. The van der Waals surface area contributed by atoms with Crippen molar-refractivity contribution in [1.29, 1.82) is 0 Å². The standard InChI is InChI=1S/C25H29F2N7/c1-4-6-15-25(26,27)24-28-22(34(31-24)17(3)5-2)16-18-11-13-19(14-12-18)20-9-7-8-10-21(20)23-29-32-33-30-23/h7-14,17H,4-6,15-16H2,1-3H3,(H,29,30,32,33). The Morgan fingerprint density at radius 3 is 2.41 bits per heavy atom. The molecule has 1 atom stereocenters. The Kier molecular flexibility index (Phi) is 7.09. The normalized spacial score (nSPS) is 12.7. The Balaban J connectivity index is 1.61. The molecule has 0 amide bonds. The molecule has 0 radical (unpaired) electrons. The highest BCUT2D eigenvalue weighted by Gasteiger charge is 2.36. The van der Waals surface area contributed by atoms with Crippen LogP contribution in [0.25, 0.3) is 22.5 Å². The molecule has 0 saturated heterocycles. The van der Waals surface area contributed by atoms with Crippen molar-refractivity contribution in [3.05, 3.63) is 65.7 Å². The van der Waals surface area contributed by atoms with Crippen LogP contribution in [0.3, 0.4) is 0 Å². The molecule has 2 aromatic carbocycles. The molecule has 0 aliphatic carbocycles. The van der Waals surface area contributed by atoms with E-state index in [0.29, 0.717) is 30.9 Å². The maximum absolute atomic E-state index is 14.7. The van der Waals surface area contributed by atoms with Gasteiger partial charge in [-0.15, -0.1) is 15.3 Å². The Morgan fingerprint density at radius 1 is 1.03 bits per heavy atom. The summed E-state index contributed by atoms with van der Waals surface area (Å²) in [7, 11) is 0. The highest BCUT2D eigenvalue weighted by Crippen LogP contribution is 2.33. The number of aromatic nitrogens is 7. The number of alkyl halides is 2. The van der Waals surface area contributed by atoms with Crippen molar-refractivity contribution in [3.63, 3.8) is 0 Å². The van der Waals surface area contributed by atoms with E-state index < -0.39 is 5.92 Å². The second-order valence-corrected chi connectivity index (χ2v) is 8.52. The third-order valence-corrected chi connectivity index (χ3v) is 6.02. The van der Waals surface area contributed by atoms with Gasteiger partial charge in [0.15, 0.2) is 0 Å². The van der Waals surface area contributed by atoms with Crippen molar-refractivity contribution in [2.75, 3.05) is 0 Å². The molecule has 2 heterocycles. The maximum Gasteiger partial charge on any atom is 0.308 e. The van der Waals surface area contributed by atoms with Gasteiger partial charge in [0.2, 0.25) is 11.6 Å². The molecule has 2 aromatic heterocycles. The van der Waals surface area contributed by atoms with Gasteiger partial charge in [-0.25, -0.2) is 9.67 Å². The third kappa shape index (κ3) is 5.03. The molecule has 4 rings (SSSR count). The Hall–Kier alpha value is -3.49. The van der Waals surface area contributed by atoms with Gasteiger partial charge in [-0.2, -0.15) is 14.0 Å². The minimum absolute atomic E-state index is 0.0145. The van der Waals surface area contributed by atoms with Crippen LogP contribution in [-0.4, -0.2) is 35.4 Å². The van der Waals surface area contributed by atoms with Crippen molar-refractivity contribution < 1.29 is 8.78 Å². The summed E-state index contributed by atoms with van der Waals surface area (Å²) in [6.45, 7) is 5.89. The zero-order valence-corrected chi connectivity index (χ0v) is 19.7. The second kappa shape index (κ2) is 10.2. The topological polar surface area (TPSA) is 85.2 Å². The average Bonchev–Trinajstić information content (AvgIpc) is 3.54. The molecule has 0 aliphatic rings. The molecular weight excluding hydrogens is 436 g/mol. The molecular formula is C25H29F2N7. The van der Waals surface area contributed by atoms with Gasteiger partial charge < -0.3 is 0 Å². The number of halogens is 2. The van der Waals surface area contributed by atoms with E-state index in [0.717, 1.165) is 28.7 Å². The Morgan fingerprint density at radius 2 is 1.76 bits per heavy atom. The van der Waals surface area contributed by atoms with Crippen molar-refractivity contribution in [3.8, 4) is 22.5 Å². The molecule has 4 aromatic rings. The van der Waals surface area contributed by atoms with Gasteiger partial charge in [-0.05, 0) is 41.7 Å². The number of nitrogens with zero attached hydrogens (tertiary/aromatic N) is 6. The van der Waals surface area contributed by atoms with Crippen LogP contribution in [0.15, 0.2) is 48.5 Å². The zero-order valence-electron chi connectivity index (χ0n) is 19.7. The SMILES string of the molecule is CCCCC(F)(F)c1nc(Cc2ccc(-c3ccccc3-c3nn[nH]n3)cc2)n(C(C)CC)n1. The summed E-state index contributed by atoms with van der Waals surface area (Å²) in [6.07, 6.45) is 2.11. The van der Waals surface area contributed by atoms with Crippen molar-refractivity contribution in [2.24, 2.45) is 0 Å². The quantitative estimate of drug-likeness (QED) is 0.312. The molecule has 1 N–H and O–H groups in total. The van der Waals surface area contributed by atoms with E-state index in [1.54, 1.807) is 4.68 Å². The maximum atomic E-state index is 14.7. The van der Waals surface area contributed by atoms with Gasteiger partial charge >= 0.3 is 5.92 Å². The van der Waals surface area contributed by atoms with E-state index in [-0.39, 0.29) is 18.3 Å². The summed E-state index contributed by atoms with van der Waals surface area (Å²) >= 11 is 0.